The number of quaternary nitrogens is 1. The monoisotopic (exact) mass is 1430 g/mol. The van der Waals surface area contributed by atoms with Gasteiger partial charge >= 0.3 is 11.9 Å². The number of rotatable bonds is 80. The summed E-state index contributed by atoms with van der Waals surface area (Å²) in [6.07, 6.45) is 117. The maximum Gasteiger partial charge on any atom is 0.306 e. The number of esters is 2. The van der Waals surface area contributed by atoms with E-state index in [0.29, 0.717) is 23.9 Å². The number of nitrogens with zero attached hydrogens (tertiary/aromatic N) is 1. The normalized spacial score (nSPS) is 13.3. The third kappa shape index (κ3) is 84.6. The number of hydrogen-bond acceptors (Lipinski definition) is 8. The molecule has 0 radical (unpaired) electrons. The van der Waals surface area contributed by atoms with Crippen molar-refractivity contribution in [1.82, 2.24) is 0 Å². The van der Waals surface area contributed by atoms with Gasteiger partial charge < -0.3 is 33.3 Å². The van der Waals surface area contributed by atoms with E-state index in [2.05, 4.69) is 148 Å². The number of ether oxygens (including phenoxy) is 4. The number of allylic oxidation sites excluding steroid dienone is 22. The number of carbonyl (C=O) groups excluding carboxylic acids is 3. The van der Waals surface area contributed by atoms with Crippen molar-refractivity contribution in [2.24, 2.45) is 0 Å². The predicted octanol–water partition coefficient (Wildman–Crippen LogP) is 27.0. The zero-order valence-electron chi connectivity index (χ0n) is 67.9. The Morgan fingerprint density at radius 1 is 0.291 bits per heavy atom. The van der Waals surface area contributed by atoms with Crippen molar-refractivity contribution >= 4 is 17.9 Å². The van der Waals surface area contributed by atoms with E-state index in [1.165, 1.54) is 244 Å². The molecule has 592 valence electrons. The first kappa shape index (κ1) is 98.4. The van der Waals surface area contributed by atoms with Gasteiger partial charge in [0, 0.05) is 12.8 Å². The van der Waals surface area contributed by atoms with Crippen LogP contribution in [-0.4, -0.2) is 82.3 Å². The molecule has 0 fully saturated rings. The first-order valence-corrected chi connectivity index (χ1v) is 43.3. The van der Waals surface area contributed by atoms with Gasteiger partial charge in [-0.1, -0.05) is 398 Å². The molecule has 0 aromatic carbocycles. The molecule has 0 aromatic heterocycles. The van der Waals surface area contributed by atoms with Crippen LogP contribution in [0.2, 0.25) is 0 Å². The minimum absolute atomic E-state index is 0.146. The largest absolute Gasteiger partial charge is 0.545 e. The molecule has 0 rings (SSSR count). The van der Waals surface area contributed by atoms with Crippen LogP contribution in [0.3, 0.4) is 0 Å². The summed E-state index contributed by atoms with van der Waals surface area (Å²) in [7, 11) is 5.95. The molecule has 0 bridgehead atoms. The fourth-order valence-electron chi connectivity index (χ4n) is 12.4. The molecule has 0 saturated heterocycles. The SMILES string of the molecule is CC/C=C\C/C=C\C/C=C\C/C=C\C/C=C\C/C=C\C/C=C\CCCCCCCCCCCCCCCCCC(=O)OC(COC(=O)CCCCCCCCCCCCCCCCCCCCCCCCCCCCCC/C=C\C/C=C\C/C=C\C/C=C\CC)COC(OCC[N+](C)(C)C)C(=O)[O-]. The van der Waals surface area contributed by atoms with Crippen LogP contribution in [0.1, 0.15) is 386 Å². The van der Waals surface area contributed by atoms with Crippen molar-refractivity contribution in [2.75, 3.05) is 47.5 Å². The fourth-order valence-corrected chi connectivity index (χ4v) is 12.4. The van der Waals surface area contributed by atoms with Crippen molar-refractivity contribution < 1.29 is 42.9 Å². The van der Waals surface area contributed by atoms with E-state index in [9.17, 15) is 19.5 Å². The van der Waals surface area contributed by atoms with Crippen molar-refractivity contribution in [3.05, 3.63) is 134 Å². The quantitative estimate of drug-likeness (QED) is 0.0195. The third-order valence-electron chi connectivity index (χ3n) is 18.9. The van der Waals surface area contributed by atoms with Crippen LogP contribution in [0, 0.1) is 0 Å². The molecular weight excluding hydrogens is 1270 g/mol. The van der Waals surface area contributed by atoms with E-state index in [-0.39, 0.29) is 32.2 Å². The molecule has 0 saturated carbocycles. The Morgan fingerprint density at radius 3 is 0.777 bits per heavy atom. The number of carboxylic acids is 1. The Labute approximate surface area is 637 Å². The number of aliphatic carboxylic acids is 1. The molecule has 0 heterocycles. The maximum atomic E-state index is 13.0. The van der Waals surface area contributed by atoms with Crippen LogP contribution in [0.15, 0.2) is 134 Å². The average molecular weight is 1440 g/mol. The maximum absolute atomic E-state index is 13.0. The number of unbranched alkanes of at least 4 members (excludes halogenated alkanes) is 43. The summed E-state index contributed by atoms with van der Waals surface area (Å²) in [6, 6.07) is 0. The Bertz CT molecular complexity index is 2170. The Balaban J connectivity index is 3.96. The second-order valence-corrected chi connectivity index (χ2v) is 30.1. The van der Waals surface area contributed by atoms with E-state index < -0.39 is 24.3 Å². The molecule has 0 spiro atoms. The van der Waals surface area contributed by atoms with E-state index in [1.807, 2.05) is 21.1 Å². The third-order valence-corrected chi connectivity index (χ3v) is 18.9. The highest BCUT2D eigenvalue weighted by Crippen LogP contribution is 2.20. The summed E-state index contributed by atoms with van der Waals surface area (Å²) in [5.74, 6) is -2.26. The summed E-state index contributed by atoms with van der Waals surface area (Å²) in [6.45, 7) is 4.56. The lowest BCUT2D eigenvalue weighted by molar-refractivity contribution is -0.870. The van der Waals surface area contributed by atoms with E-state index >= 15 is 0 Å². The van der Waals surface area contributed by atoms with Gasteiger partial charge in [0.1, 0.15) is 13.2 Å². The zero-order valence-corrected chi connectivity index (χ0v) is 67.9. The van der Waals surface area contributed by atoms with Crippen LogP contribution in [-0.2, 0) is 33.3 Å². The first-order valence-electron chi connectivity index (χ1n) is 43.3. The lowest BCUT2D eigenvalue weighted by Gasteiger charge is -2.26. The van der Waals surface area contributed by atoms with Crippen molar-refractivity contribution in [3.63, 3.8) is 0 Å². The topological polar surface area (TPSA) is 111 Å². The van der Waals surface area contributed by atoms with Crippen LogP contribution in [0.25, 0.3) is 0 Å². The summed E-state index contributed by atoms with van der Waals surface area (Å²) in [5, 5.41) is 11.9. The molecule has 2 unspecified atom stereocenters. The highest BCUT2D eigenvalue weighted by Gasteiger charge is 2.22. The second kappa shape index (κ2) is 83.1. The van der Waals surface area contributed by atoms with Gasteiger partial charge in [0.25, 0.3) is 0 Å². The zero-order chi connectivity index (χ0) is 74.6. The van der Waals surface area contributed by atoms with E-state index in [0.717, 1.165) is 109 Å². The standard InChI is InChI=1S/C94H163NO8/c1-6-8-10-12-14-16-18-20-22-24-26-28-30-32-34-36-38-40-42-44-45-46-47-49-50-52-54-56-58-60-62-64-66-68-70-72-74-76-78-80-82-84-91(96)101-88-90(89-102-94(93(98)99)100-87-86-95(3,4)5)103-92(97)85-83-81-79-77-75-73-71-69-67-65-63-61-59-57-55-53-51-48-43-41-39-37-35-33-31-29-27-25-23-21-19-17-15-13-11-9-7-2/h8-11,14-17,20-23,26-29,33,35,39,41,48,51,90,94H,6-7,12-13,18-19,24-25,30-32,34,36-38,40,42-47,49-50,52-89H2,1-5H3/b10-8-,11-9-,16-14-,17-15-,22-20-,23-21-,28-26-,29-27-,35-33-,41-39-,51-48-. The van der Waals surface area contributed by atoms with Crippen LogP contribution in [0.5, 0.6) is 0 Å². The minimum Gasteiger partial charge on any atom is -0.545 e. The number of carboxylic acid groups (broad SMARTS) is 1. The molecule has 103 heavy (non-hydrogen) atoms. The lowest BCUT2D eigenvalue weighted by atomic mass is 10.0. The molecule has 9 heteroatoms. The van der Waals surface area contributed by atoms with Gasteiger partial charge in [0.15, 0.2) is 12.4 Å². The van der Waals surface area contributed by atoms with E-state index in [1.54, 1.807) is 0 Å². The van der Waals surface area contributed by atoms with Gasteiger partial charge in [-0.05, 0) is 109 Å². The molecule has 2 atom stereocenters. The molecule has 0 aliphatic heterocycles. The van der Waals surface area contributed by atoms with Crippen LogP contribution < -0.4 is 5.11 Å². The molecule has 0 aliphatic rings. The van der Waals surface area contributed by atoms with E-state index in [4.69, 9.17) is 18.9 Å². The highest BCUT2D eigenvalue weighted by atomic mass is 16.7. The average Bonchev–Trinajstić information content (AvgIpc) is 1.16. The van der Waals surface area contributed by atoms with Gasteiger partial charge in [-0.3, -0.25) is 9.59 Å². The van der Waals surface area contributed by atoms with Crippen molar-refractivity contribution in [2.45, 2.75) is 399 Å². The Kier molecular flexibility index (Phi) is 79.4. The summed E-state index contributed by atoms with van der Waals surface area (Å²) in [4.78, 5) is 37.7. The molecule has 0 aliphatic carbocycles. The molecule has 9 nitrogen and oxygen atoms in total. The summed E-state index contributed by atoms with van der Waals surface area (Å²) >= 11 is 0. The number of carbonyl (C=O) groups is 3. The smallest absolute Gasteiger partial charge is 0.306 e. The summed E-state index contributed by atoms with van der Waals surface area (Å²) < 4.78 is 22.9. The molecule has 0 aromatic rings. The fraction of sp³-hybridized carbons (Fsp3) is 0.734. The minimum atomic E-state index is -1.63. The van der Waals surface area contributed by atoms with Crippen LogP contribution in [0.4, 0.5) is 0 Å². The van der Waals surface area contributed by atoms with Gasteiger partial charge in [0.2, 0.25) is 0 Å². The number of hydrogen-bond donors (Lipinski definition) is 0. The first-order chi connectivity index (χ1) is 50.6. The lowest BCUT2D eigenvalue weighted by Crippen LogP contribution is -2.44. The molecular formula is C94H163NO8. The summed E-state index contributed by atoms with van der Waals surface area (Å²) in [5.41, 5.74) is 0. The van der Waals surface area contributed by atoms with Crippen molar-refractivity contribution in [3.8, 4) is 0 Å². The van der Waals surface area contributed by atoms with Gasteiger partial charge in [-0.2, -0.15) is 0 Å². The van der Waals surface area contributed by atoms with Gasteiger partial charge in [-0.15, -0.1) is 0 Å². The molecule has 0 amide bonds. The molecule has 0 N–H and O–H groups in total. The Hall–Kier alpha value is -4.57. The predicted molar refractivity (Wildman–Crippen MR) is 444 cm³/mol. The van der Waals surface area contributed by atoms with Gasteiger partial charge in [-0.25, -0.2) is 0 Å². The van der Waals surface area contributed by atoms with Gasteiger partial charge in [0.05, 0.1) is 40.3 Å². The van der Waals surface area contributed by atoms with Crippen LogP contribution >= 0.6 is 0 Å². The number of likely N-dealkylation sites (N-methyl/N-ethyl adjacent to an activating group) is 1. The highest BCUT2D eigenvalue weighted by molar-refractivity contribution is 5.70. The second-order valence-electron chi connectivity index (χ2n) is 30.1. The van der Waals surface area contributed by atoms with Crippen molar-refractivity contribution in [1.29, 1.82) is 0 Å². The Morgan fingerprint density at radius 2 is 0.524 bits per heavy atom.